The fraction of sp³-hybridized carbons (Fsp3) is 0.385. The van der Waals surface area contributed by atoms with E-state index in [1.165, 1.54) is 7.11 Å². The van der Waals surface area contributed by atoms with Crippen molar-refractivity contribution in [3.63, 3.8) is 0 Å². The Morgan fingerprint density at radius 3 is 2.83 bits per heavy atom. The molecule has 0 radical (unpaired) electrons. The maximum atomic E-state index is 11.2. The molecule has 0 saturated heterocycles. The number of rotatable bonds is 5. The fourth-order valence-corrected chi connectivity index (χ4v) is 1.62. The molecule has 1 aromatic carbocycles. The first-order chi connectivity index (χ1) is 8.60. The second kappa shape index (κ2) is 6.62. The quantitative estimate of drug-likeness (QED) is 0.833. The van der Waals surface area contributed by atoms with Crippen molar-refractivity contribution in [2.45, 2.75) is 6.54 Å². The van der Waals surface area contributed by atoms with Gasteiger partial charge in [-0.1, -0.05) is 6.07 Å². The normalized spacial score (nSPS) is 9.94. The van der Waals surface area contributed by atoms with Crippen LogP contribution in [-0.2, 0) is 11.3 Å². The first-order valence-corrected chi connectivity index (χ1v) is 5.56. The van der Waals surface area contributed by atoms with Gasteiger partial charge in [0.05, 0.1) is 19.2 Å². The minimum Gasteiger partial charge on any atom is -0.495 e. The maximum absolute atomic E-state index is 11.2. The van der Waals surface area contributed by atoms with Crippen molar-refractivity contribution in [2.75, 3.05) is 27.7 Å². The number of hydrogen-bond acceptors (Lipinski definition) is 4. The van der Waals surface area contributed by atoms with E-state index >= 15 is 0 Å². The van der Waals surface area contributed by atoms with Crippen LogP contribution in [0.5, 0.6) is 5.75 Å². The molecule has 0 heterocycles. The van der Waals surface area contributed by atoms with Crippen molar-refractivity contribution < 1.29 is 9.53 Å². The van der Waals surface area contributed by atoms with Crippen LogP contribution in [0.1, 0.15) is 11.1 Å². The van der Waals surface area contributed by atoms with Gasteiger partial charge in [0.15, 0.2) is 0 Å². The monoisotopic (exact) mass is 247 g/mol. The number of amides is 1. The lowest BCUT2D eigenvalue weighted by Crippen LogP contribution is -2.32. The molecule has 0 unspecified atom stereocenters. The van der Waals surface area contributed by atoms with Crippen molar-refractivity contribution >= 4 is 5.91 Å². The maximum Gasteiger partial charge on any atom is 0.233 e. The SMILES string of the molecule is CNC(=O)CN(C)Cc1ccc(C#N)c(OC)c1. The van der Waals surface area contributed by atoms with E-state index in [1.54, 1.807) is 13.1 Å². The first kappa shape index (κ1) is 14.0. The summed E-state index contributed by atoms with van der Waals surface area (Å²) in [6.45, 7) is 0.953. The Morgan fingerprint density at radius 2 is 2.28 bits per heavy atom. The summed E-state index contributed by atoms with van der Waals surface area (Å²) in [5.74, 6) is 0.529. The number of ether oxygens (including phenoxy) is 1. The highest BCUT2D eigenvalue weighted by molar-refractivity contribution is 5.77. The number of carbonyl (C=O) groups excluding carboxylic acids is 1. The van der Waals surface area contributed by atoms with Gasteiger partial charge in [-0.2, -0.15) is 5.26 Å². The molecule has 0 atom stereocenters. The second-order valence-corrected chi connectivity index (χ2v) is 3.99. The Labute approximate surface area is 107 Å². The van der Waals surface area contributed by atoms with Gasteiger partial charge in [0.25, 0.3) is 0 Å². The van der Waals surface area contributed by atoms with Gasteiger partial charge >= 0.3 is 0 Å². The average molecular weight is 247 g/mol. The molecule has 0 fully saturated rings. The molecule has 0 bridgehead atoms. The molecule has 5 nitrogen and oxygen atoms in total. The molecule has 0 spiro atoms. The first-order valence-electron chi connectivity index (χ1n) is 5.56. The second-order valence-electron chi connectivity index (χ2n) is 3.99. The highest BCUT2D eigenvalue weighted by Gasteiger charge is 2.08. The summed E-state index contributed by atoms with van der Waals surface area (Å²) in [4.78, 5) is 13.1. The van der Waals surface area contributed by atoms with Crippen molar-refractivity contribution in [3.05, 3.63) is 29.3 Å². The molecular weight excluding hydrogens is 230 g/mol. The zero-order chi connectivity index (χ0) is 13.5. The third kappa shape index (κ3) is 3.75. The molecule has 1 N–H and O–H groups in total. The minimum absolute atomic E-state index is 0.0295. The Kier molecular flexibility index (Phi) is 5.15. The summed E-state index contributed by atoms with van der Waals surface area (Å²) in [5, 5.41) is 11.5. The van der Waals surface area contributed by atoms with E-state index in [9.17, 15) is 4.79 Å². The highest BCUT2D eigenvalue weighted by Crippen LogP contribution is 2.19. The van der Waals surface area contributed by atoms with Gasteiger partial charge in [-0.25, -0.2) is 0 Å². The van der Waals surface area contributed by atoms with Gasteiger partial charge in [-0.3, -0.25) is 9.69 Å². The average Bonchev–Trinajstić information content (AvgIpc) is 2.38. The summed E-state index contributed by atoms with van der Waals surface area (Å²) < 4.78 is 5.14. The number of hydrogen-bond donors (Lipinski definition) is 1. The van der Waals surface area contributed by atoms with Crippen LogP contribution < -0.4 is 10.1 Å². The Hall–Kier alpha value is -2.06. The molecule has 0 aliphatic carbocycles. The summed E-state index contributed by atoms with van der Waals surface area (Å²) in [6, 6.07) is 7.47. The Morgan fingerprint density at radius 1 is 1.56 bits per heavy atom. The predicted octanol–water partition coefficient (Wildman–Crippen LogP) is 0.745. The molecule has 0 saturated carbocycles. The zero-order valence-corrected chi connectivity index (χ0v) is 10.9. The van der Waals surface area contributed by atoms with E-state index in [0.717, 1.165) is 5.56 Å². The highest BCUT2D eigenvalue weighted by atomic mass is 16.5. The number of nitrogens with zero attached hydrogens (tertiary/aromatic N) is 2. The lowest BCUT2D eigenvalue weighted by molar-refractivity contribution is -0.121. The van der Waals surface area contributed by atoms with Gasteiger partial charge in [0.1, 0.15) is 11.8 Å². The van der Waals surface area contributed by atoms with E-state index in [1.807, 2.05) is 24.1 Å². The van der Waals surface area contributed by atoms with Crippen molar-refractivity contribution in [1.82, 2.24) is 10.2 Å². The molecular formula is C13H17N3O2. The van der Waals surface area contributed by atoms with E-state index in [0.29, 0.717) is 24.4 Å². The van der Waals surface area contributed by atoms with Gasteiger partial charge in [-0.05, 0) is 24.7 Å². The third-order valence-corrected chi connectivity index (χ3v) is 2.53. The molecule has 0 aliphatic heterocycles. The lowest BCUT2D eigenvalue weighted by Gasteiger charge is -2.16. The van der Waals surface area contributed by atoms with Gasteiger partial charge < -0.3 is 10.1 Å². The van der Waals surface area contributed by atoms with Crippen LogP contribution >= 0.6 is 0 Å². The summed E-state index contributed by atoms with van der Waals surface area (Å²) >= 11 is 0. The molecule has 1 rings (SSSR count). The number of carbonyl (C=O) groups is 1. The van der Waals surface area contributed by atoms with Gasteiger partial charge in [0.2, 0.25) is 5.91 Å². The Bertz CT molecular complexity index is 466. The smallest absolute Gasteiger partial charge is 0.233 e. The van der Waals surface area contributed by atoms with Crippen LogP contribution in [-0.4, -0.2) is 38.6 Å². The van der Waals surface area contributed by atoms with Crippen LogP contribution in [0.3, 0.4) is 0 Å². The molecule has 1 aromatic rings. The van der Waals surface area contributed by atoms with Gasteiger partial charge in [-0.15, -0.1) is 0 Å². The predicted molar refractivity (Wildman–Crippen MR) is 68.1 cm³/mol. The number of methoxy groups -OCH3 is 1. The topological polar surface area (TPSA) is 65.4 Å². The lowest BCUT2D eigenvalue weighted by atomic mass is 10.1. The fourth-order valence-electron chi connectivity index (χ4n) is 1.62. The summed E-state index contributed by atoms with van der Waals surface area (Å²) in [7, 11) is 5.01. The minimum atomic E-state index is -0.0295. The standard InChI is InChI=1S/C13H17N3O2/c1-15-13(17)9-16(2)8-10-4-5-11(7-14)12(6-10)18-3/h4-6H,8-9H2,1-3H3,(H,15,17). The molecule has 5 heteroatoms. The summed E-state index contributed by atoms with van der Waals surface area (Å²) in [6.07, 6.45) is 0. The molecule has 0 aromatic heterocycles. The Balaban J connectivity index is 2.74. The van der Waals surface area contributed by atoms with Crippen LogP contribution in [0.15, 0.2) is 18.2 Å². The molecule has 1 amide bonds. The van der Waals surface area contributed by atoms with Gasteiger partial charge in [0, 0.05) is 13.6 Å². The van der Waals surface area contributed by atoms with Crippen molar-refractivity contribution in [3.8, 4) is 11.8 Å². The van der Waals surface area contributed by atoms with Crippen LogP contribution in [0.25, 0.3) is 0 Å². The number of nitrogens with one attached hydrogen (secondary N) is 1. The largest absolute Gasteiger partial charge is 0.495 e. The van der Waals surface area contributed by atoms with Crippen LogP contribution in [0, 0.1) is 11.3 Å². The summed E-state index contributed by atoms with van der Waals surface area (Å²) in [5.41, 5.74) is 1.51. The van der Waals surface area contributed by atoms with Crippen molar-refractivity contribution in [1.29, 1.82) is 5.26 Å². The van der Waals surface area contributed by atoms with Crippen molar-refractivity contribution in [2.24, 2.45) is 0 Å². The molecule has 0 aliphatic rings. The third-order valence-electron chi connectivity index (χ3n) is 2.53. The zero-order valence-electron chi connectivity index (χ0n) is 10.9. The van der Waals surface area contributed by atoms with E-state index in [2.05, 4.69) is 11.4 Å². The van der Waals surface area contributed by atoms with E-state index in [4.69, 9.17) is 10.00 Å². The van der Waals surface area contributed by atoms with Crippen LogP contribution in [0.4, 0.5) is 0 Å². The van der Waals surface area contributed by atoms with E-state index < -0.39 is 0 Å². The van der Waals surface area contributed by atoms with E-state index in [-0.39, 0.29) is 5.91 Å². The number of nitriles is 1. The number of benzene rings is 1. The van der Waals surface area contributed by atoms with Crippen LogP contribution in [0.2, 0.25) is 0 Å². The molecule has 96 valence electrons. The number of likely N-dealkylation sites (N-methyl/N-ethyl adjacent to an activating group) is 2. The molecule has 18 heavy (non-hydrogen) atoms.